The SMILES string of the molecule is O=S(=O)(c1ccccc1)N(Cc1cccc(F)c1)CC1CCCO1. The quantitative estimate of drug-likeness (QED) is 0.805. The van der Waals surface area contributed by atoms with Crippen molar-refractivity contribution in [1.82, 2.24) is 4.31 Å². The molecule has 4 nitrogen and oxygen atoms in total. The van der Waals surface area contributed by atoms with Crippen LogP contribution in [0.15, 0.2) is 59.5 Å². The molecule has 0 spiro atoms. The minimum atomic E-state index is -3.67. The Morgan fingerprint density at radius 2 is 1.92 bits per heavy atom. The van der Waals surface area contributed by atoms with Gasteiger partial charge in [0, 0.05) is 19.7 Å². The van der Waals surface area contributed by atoms with Crippen molar-refractivity contribution in [1.29, 1.82) is 0 Å². The van der Waals surface area contributed by atoms with E-state index in [-0.39, 0.29) is 29.9 Å². The highest BCUT2D eigenvalue weighted by Crippen LogP contribution is 2.22. The van der Waals surface area contributed by atoms with Crippen molar-refractivity contribution in [3.05, 3.63) is 66.0 Å². The third-order valence-electron chi connectivity index (χ3n) is 4.06. The fourth-order valence-corrected chi connectivity index (χ4v) is 4.32. The number of benzene rings is 2. The number of rotatable bonds is 6. The van der Waals surface area contributed by atoms with Crippen molar-refractivity contribution in [3.8, 4) is 0 Å². The topological polar surface area (TPSA) is 46.6 Å². The maximum atomic E-state index is 13.4. The summed E-state index contributed by atoms with van der Waals surface area (Å²) < 4.78 is 46.4. The monoisotopic (exact) mass is 349 g/mol. The molecule has 1 aliphatic heterocycles. The first kappa shape index (κ1) is 17.1. The number of nitrogens with zero attached hydrogens (tertiary/aromatic N) is 1. The third-order valence-corrected chi connectivity index (χ3v) is 5.89. The van der Waals surface area contributed by atoms with Crippen LogP contribution < -0.4 is 0 Å². The number of hydrogen-bond acceptors (Lipinski definition) is 3. The van der Waals surface area contributed by atoms with Gasteiger partial charge in [0.2, 0.25) is 10.0 Å². The molecule has 1 unspecified atom stereocenters. The van der Waals surface area contributed by atoms with Gasteiger partial charge >= 0.3 is 0 Å². The van der Waals surface area contributed by atoms with Gasteiger partial charge in [-0.3, -0.25) is 0 Å². The molecule has 1 atom stereocenters. The summed E-state index contributed by atoms with van der Waals surface area (Å²) in [6, 6.07) is 14.3. The zero-order chi connectivity index (χ0) is 17.0. The van der Waals surface area contributed by atoms with Crippen LogP contribution in [0.5, 0.6) is 0 Å². The summed E-state index contributed by atoms with van der Waals surface area (Å²) in [5, 5.41) is 0. The lowest BCUT2D eigenvalue weighted by Gasteiger charge is -2.25. The van der Waals surface area contributed by atoms with Crippen molar-refractivity contribution >= 4 is 10.0 Å². The summed E-state index contributed by atoms with van der Waals surface area (Å²) in [4.78, 5) is 0.236. The van der Waals surface area contributed by atoms with E-state index >= 15 is 0 Å². The first-order valence-corrected chi connectivity index (χ1v) is 9.41. The van der Waals surface area contributed by atoms with Crippen LogP contribution in [0.1, 0.15) is 18.4 Å². The Morgan fingerprint density at radius 1 is 1.12 bits per heavy atom. The fourth-order valence-electron chi connectivity index (χ4n) is 2.84. The van der Waals surface area contributed by atoms with E-state index in [1.54, 1.807) is 42.5 Å². The van der Waals surface area contributed by atoms with E-state index in [9.17, 15) is 12.8 Å². The van der Waals surface area contributed by atoms with Crippen LogP contribution in [-0.2, 0) is 21.3 Å². The van der Waals surface area contributed by atoms with Gasteiger partial charge in [-0.05, 0) is 42.7 Å². The summed E-state index contributed by atoms with van der Waals surface area (Å²) in [7, 11) is -3.67. The van der Waals surface area contributed by atoms with Gasteiger partial charge in [-0.1, -0.05) is 30.3 Å². The summed E-state index contributed by atoms with van der Waals surface area (Å²) in [5.41, 5.74) is 0.618. The van der Waals surface area contributed by atoms with Crippen LogP contribution in [0.3, 0.4) is 0 Å². The molecular formula is C18H20FNO3S. The summed E-state index contributed by atoms with van der Waals surface area (Å²) >= 11 is 0. The van der Waals surface area contributed by atoms with Gasteiger partial charge in [-0.25, -0.2) is 12.8 Å². The first-order chi connectivity index (χ1) is 11.6. The van der Waals surface area contributed by atoms with Gasteiger partial charge in [-0.15, -0.1) is 0 Å². The lowest BCUT2D eigenvalue weighted by atomic mass is 10.2. The lowest BCUT2D eigenvalue weighted by molar-refractivity contribution is 0.0926. The van der Waals surface area contributed by atoms with Crippen LogP contribution in [0.4, 0.5) is 4.39 Å². The Bertz CT molecular complexity index is 774. The molecule has 2 aromatic rings. The molecule has 24 heavy (non-hydrogen) atoms. The largest absolute Gasteiger partial charge is 0.377 e. The van der Waals surface area contributed by atoms with E-state index in [1.807, 2.05) is 0 Å². The molecule has 0 N–H and O–H groups in total. The second-order valence-corrected chi connectivity index (χ2v) is 7.81. The van der Waals surface area contributed by atoms with E-state index in [2.05, 4.69) is 0 Å². The van der Waals surface area contributed by atoms with Crippen molar-refractivity contribution in [2.75, 3.05) is 13.2 Å². The van der Waals surface area contributed by atoms with Gasteiger partial charge in [-0.2, -0.15) is 4.31 Å². The zero-order valence-corrected chi connectivity index (χ0v) is 14.1. The second-order valence-electron chi connectivity index (χ2n) is 5.88. The fraction of sp³-hybridized carbons (Fsp3) is 0.333. The highest BCUT2D eigenvalue weighted by molar-refractivity contribution is 7.89. The number of sulfonamides is 1. The number of halogens is 1. The Kier molecular flexibility index (Phi) is 5.28. The average molecular weight is 349 g/mol. The normalized spacial score (nSPS) is 18.2. The molecule has 0 aromatic heterocycles. The smallest absolute Gasteiger partial charge is 0.243 e. The second kappa shape index (κ2) is 7.42. The van der Waals surface area contributed by atoms with Crippen molar-refractivity contribution in [2.45, 2.75) is 30.4 Å². The van der Waals surface area contributed by atoms with E-state index in [4.69, 9.17) is 4.74 Å². The first-order valence-electron chi connectivity index (χ1n) is 7.97. The molecular weight excluding hydrogens is 329 g/mol. The average Bonchev–Trinajstić information content (AvgIpc) is 3.08. The number of hydrogen-bond donors (Lipinski definition) is 0. The van der Waals surface area contributed by atoms with Crippen LogP contribution in [0, 0.1) is 5.82 Å². The van der Waals surface area contributed by atoms with Gasteiger partial charge in [0.15, 0.2) is 0 Å². The zero-order valence-electron chi connectivity index (χ0n) is 13.3. The number of ether oxygens (including phenoxy) is 1. The predicted octanol–water partition coefficient (Wildman–Crippen LogP) is 3.20. The molecule has 0 amide bonds. The Morgan fingerprint density at radius 3 is 2.58 bits per heavy atom. The van der Waals surface area contributed by atoms with Crippen LogP contribution in [-0.4, -0.2) is 32.0 Å². The Balaban J connectivity index is 1.89. The lowest BCUT2D eigenvalue weighted by Crippen LogP contribution is -2.37. The highest BCUT2D eigenvalue weighted by atomic mass is 32.2. The predicted molar refractivity (Wildman–Crippen MR) is 89.4 cm³/mol. The molecule has 6 heteroatoms. The molecule has 1 heterocycles. The molecule has 0 saturated carbocycles. The molecule has 2 aromatic carbocycles. The highest BCUT2D eigenvalue weighted by Gasteiger charge is 2.29. The van der Waals surface area contributed by atoms with Gasteiger partial charge in [0.05, 0.1) is 11.0 Å². The molecule has 1 fully saturated rings. The Labute approximate surface area is 141 Å². The van der Waals surface area contributed by atoms with Gasteiger partial charge in [0.25, 0.3) is 0 Å². The van der Waals surface area contributed by atoms with Crippen LogP contribution >= 0.6 is 0 Å². The van der Waals surface area contributed by atoms with E-state index in [0.717, 1.165) is 12.8 Å². The van der Waals surface area contributed by atoms with E-state index in [1.165, 1.54) is 16.4 Å². The third kappa shape index (κ3) is 4.01. The minimum absolute atomic E-state index is 0.114. The van der Waals surface area contributed by atoms with E-state index < -0.39 is 10.0 Å². The molecule has 0 radical (unpaired) electrons. The Hall–Kier alpha value is -1.76. The molecule has 128 valence electrons. The molecule has 3 rings (SSSR count). The minimum Gasteiger partial charge on any atom is -0.377 e. The molecule has 1 saturated heterocycles. The summed E-state index contributed by atoms with van der Waals surface area (Å²) in [6.45, 7) is 1.05. The van der Waals surface area contributed by atoms with Gasteiger partial charge < -0.3 is 4.74 Å². The molecule has 1 aliphatic rings. The van der Waals surface area contributed by atoms with Crippen molar-refractivity contribution < 1.29 is 17.5 Å². The summed E-state index contributed by atoms with van der Waals surface area (Å²) in [6.07, 6.45) is 1.66. The van der Waals surface area contributed by atoms with Gasteiger partial charge in [0.1, 0.15) is 5.82 Å². The summed E-state index contributed by atoms with van der Waals surface area (Å²) in [5.74, 6) is -0.373. The van der Waals surface area contributed by atoms with Crippen molar-refractivity contribution in [2.24, 2.45) is 0 Å². The molecule has 0 bridgehead atoms. The van der Waals surface area contributed by atoms with Crippen LogP contribution in [0.2, 0.25) is 0 Å². The van der Waals surface area contributed by atoms with Crippen molar-refractivity contribution in [3.63, 3.8) is 0 Å². The molecule has 0 aliphatic carbocycles. The maximum absolute atomic E-state index is 13.4. The van der Waals surface area contributed by atoms with E-state index in [0.29, 0.717) is 12.2 Å². The standard InChI is InChI=1S/C18H20FNO3S/c19-16-7-4-6-15(12-16)13-20(14-17-8-5-11-23-17)24(21,22)18-9-2-1-3-10-18/h1-4,6-7,9-10,12,17H,5,8,11,13-14H2. The van der Waals surface area contributed by atoms with Crippen LogP contribution in [0.25, 0.3) is 0 Å². The maximum Gasteiger partial charge on any atom is 0.243 e.